The van der Waals surface area contributed by atoms with Crippen molar-refractivity contribution in [1.29, 1.82) is 0 Å². The van der Waals surface area contributed by atoms with Crippen LogP contribution in [0, 0.1) is 0 Å². The lowest BCUT2D eigenvalue weighted by molar-refractivity contribution is 0.426. The number of benzene rings is 1. The number of hydrogen-bond donors (Lipinski definition) is 0. The summed E-state index contributed by atoms with van der Waals surface area (Å²) in [6.45, 7) is 2.45. The molecule has 0 atom stereocenters. The first-order chi connectivity index (χ1) is 12.8. The van der Waals surface area contributed by atoms with Crippen LogP contribution in [0.3, 0.4) is 0 Å². The van der Waals surface area contributed by atoms with Crippen LogP contribution in [0.5, 0.6) is 0 Å². The van der Waals surface area contributed by atoms with Gasteiger partial charge >= 0.3 is 0 Å². The van der Waals surface area contributed by atoms with E-state index in [1.807, 2.05) is 17.5 Å². The predicted molar refractivity (Wildman–Crippen MR) is 107 cm³/mol. The summed E-state index contributed by atoms with van der Waals surface area (Å²) in [5.74, 6) is 0. The fraction of sp³-hybridized carbons (Fsp3) is 0.176. The quantitative estimate of drug-likeness (QED) is 0.580. The van der Waals surface area contributed by atoms with Crippen molar-refractivity contribution in [3.63, 3.8) is 0 Å². The van der Waals surface area contributed by atoms with Crippen molar-refractivity contribution in [1.82, 2.24) is 14.1 Å². The number of hydrogen-bond acceptors (Lipinski definition) is 5. The first-order valence-corrected chi connectivity index (χ1v) is 11.0. The number of rotatable bonds is 6. The molecular weight excluding hydrogens is 429 g/mol. The standard InChI is InChI=1S/C17H15Cl2N3O3S2/c1-2-21(11-13-4-3-9-26-13)27(24,25)14-7-5-12(6-8-14)22-17(23)16(19)15(18)10-20-22/h3-10H,2,11H2,1H3. The number of nitrogens with zero attached hydrogens (tertiary/aromatic N) is 3. The zero-order chi connectivity index (χ0) is 19.6. The third kappa shape index (κ3) is 4.09. The van der Waals surface area contributed by atoms with Gasteiger partial charge in [-0.1, -0.05) is 36.2 Å². The smallest absolute Gasteiger partial charge is 0.266 e. The molecule has 0 bridgehead atoms. The average molecular weight is 444 g/mol. The Morgan fingerprint density at radius 1 is 1.19 bits per heavy atom. The highest BCUT2D eigenvalue weighted by Gasteiger charge is 2.23. The minimum atomic E-state index is -3.67. The van der Waals surface area contributed by atoms with Crippen molar-refractivity contribution in [2.45, 2.75) is 18.4 Å². The normalized spacial score (nSPS) is 11.9. The van der Waals surface area contributed by atoms with Crippen molar-refractivity contribution in [2.75, 3.05) is 6.54 Å². The lowest BCUT2D eigenvalue weighted by atomic mass is 10.3. The van der Waals surface area contributed by atoms with Gasteiger partial charge in [-0.2, -0.15) is 14.1 Å². The molecule has 0 aliphatic carbocycles. The Labute approximate surface area is 170 Å². The molecule has 0 N–H and O–H groups in total. The van der Waals surface area contributed by atoms with Crippen LogP contribution in [0.15, 0.2) is 57.7 Å². The largest absolute Gasteiger partial charge is 0.291 e. The molecule has 0 unspecified atom stereocenters. The monoisotopic (exact) mass is 443 g/mol. The van der Waals surface area contributed by atoms with Gasteiger partial charge in [0.05, 0.1) is 21.8 Å². The fourth-order valence-corrected chi connectivity index (χ4v) is 4.93. The van der Waals surface area contributed by atoms with Crippen LogP contribution in [0.25, 0.3) is 5.69 Å². The SMILES string of the molecule is CCN(Cc1cccs1)S(=O)(=O)c1ccc(-n2ncc(Cl)c(Cl)c2=O)cc1. The summed E-state index contributed by atoms with van der Waals surface area (Å²) in [5, 5.41) is 5.76. The van der Waals surface area contributed by atoms with Crippen molar-refractivity contribution in [3.05, 3.63) is 73.3 Å². The van der Waals surface area contributed by atoms with E-state index in [2.05, 4.69) is 5.10 Å². The first kappa shape index (κ1) is 20.0. The van der Waals surface area contributed by atoms with Crippen LogP contribution in [-0.2, 0) is 16.6 Å². The van der Waals surface area contributed by atoms with Gasteiger partial charge in [-0.05, 0) is 35.7 Å². The van der Waals surface area contributed by atoms with Crippen molar-refractivity contribution in [2.24, 2.45) is 0 Å². The van der Waals surface area contributed by atoms with E-state index in [1.165, 1.54) is 46.1 Å². The molecule has 1 aromatic carbocycles. The molecule has 6 nitrogen and oxygen atoms in total. The van der Waals surface area contributed by atoms with Gasteiger partial charge in [-0.15, -0.1) is 11.3 Å². The molecule has 0 saturated carbocycles. The van der Waals surface area contributed by atoms with Gasteiger partial charge in [0.25, 0.3) is 5.56 Å². The number of aromatic nitrogens is 2. The van der Waals surface area contributed by atoms with Gasteiger partial charge in [0.1, 0.15) is 5.02 Å². The molecule has 0 spiro atoms. The van der Waals surface area contributed by atoms with Gasteiger partial charge in [0, 0.05) is 18.0 Å². The van der Waals surface area contributed by atoms with Gasteiger partial charge in [-0.25, -0.2) is 8.42 Å². The molecule has 2 heterocycles. The van der Waals surface area contributed by atoms with Gasteiger partial charge in [-0.3, -0.25) is 4.79 Å². The maximum Gasteiger partial charge on any atom is 0.291 e. The first-order valence-electron chi connectivity index (χ1n) is 7.91. The second-order valence-electron chi connectivity index (χ2n) is 5.53. The molecule has 27 heavy (non-hydrogen) atoms. The highest BCUT2D eigenvalue weighted by molar-refractivity contribution is 7.89. The van der Waals surface area contributed by atoms with E-state index in [9.17, 15) is 13.2 Å². The highest BCUT2D eigenvalue weighted by Crippen LogP contribution is 2.22. The minimum Gasteiger partial charge on any atom is -0.266 e. The summed E-state index contributed by atoms with van der Waals surface area (Å²) in [7, 11) is -3.67. The second-order valence-corrected chi connectivity index (χ2v) is 9.28. The summed E-state index contributed by atoms with van der Waals surface area (Å²) in [5.41, 5.74) is -0.188. The third-order valence-electron chi connectivity index (χ3n) is 3.86. The average Bonchev–Trinajstić information content (AvgIpc) is 3.17. The Bertz CT molecular complexity index is 1100. The topological polar surface area (TPSA) is 72.3 Å². The van der Waals surface area contributed by atoms with E-state index < -0.39 is 15.6 Å². The van der Waals surface area contributed by atoms with E-state index in [0.717, 1.165) is 9.56 Å². The van der Waals surface area contributed by atoms with E-state index in [4.69, 9.17) is 23.2 Å². The summed E-state index contributed by atoms with van der Waals surface area (Å²) >= 11 is 13.1. The maximum atomic E-state index is 12.9. The molecule has 3 rings (SSSR count). The van der Waals surface area contributed by atoms with Crippen molar-refractivity contribution >= 4 is 44.6 Å². The molecule has 10 heteroatoms. The Morgan fingerprint density at radius 3 is 2.48 bits per heavy atom. The van der Waals surface area contributed by atoms with Crippen LogP contribution in [0.2, 0.25) is 10.0 Å². The van der Waals surface area contributed by atoms with E-state index in [0.29, 0.717) is 18.8 Å². The summed E-state index contributed by atoms with van der Waals surface area (Å²) in [6.07, 6.45) is 1.26. The zero-order valence-corrected chi connectivity index (χ0v) is 17.3. The van der Waals surface area contributed by atoms with Crippen LogP contribution >= 0.6 is 34.5 Å². The van der Waals surface area contributed by atoms with Gasteiger partial charge in [0.2, 0.25) is 10.0 Å². The molecule has 0 aliphatic rings. The number of thiophene rings is 1. The second kappa shape index (κ2) is 8.12. The van der Waals surface area contributed by atoms with E-state index >= 15 is 0 Å². The van der Waals surface area contributed by atoms with Crippen LogP contribution < -0.4 is 5.56 Å². The predicted octanol–water partition coefficient (Wildman–Crippen LogP) is 3.81. The Hall–Kier alpha value is -1.71. The van der Waals surface area contributed by atoms with Crippen molar-refractivity contribution in [3.8, 4) is 5.69 Å². The third-order valence-corrected chi connectivity index (χ3v) is 7.41. The lowest BCUT2D eigenvalue weighted by Crippen LogP contribution is -2.30. The Morgan fingerprint density at radius 2 is 1.89 bits per heavy atom. The van der Waals surface area contributed by atoms with Crippen LogP contribution in [0.4, 0.5) is 0 Å². The number of halogens is 2. The van der Waals surface area contributed by atoms with E-state index in [1.54, 1.807) is 6.92 Å². The van der Waals surface area contributed by atoms with Crippen molar-refractivity contribution < 1.29 is 8.42 Å². The summed E-state index contributed by atoms with van der Waals surface area (Å²) in [4.78, 5) is 13.3. The molecule has 142 valence electrons. The molecule has 3 aromatic rings. The maximum absolute atomic E-state index is 12.9. The van der Waals surface area contributed by atoms with Crippen LogP contribution in [0.1, 0.15) is 11.8 Å². The lowest BCUT2D eigenvalue weighted by Gasteiger charge is -2.20. The summed E-state index contributed by atoms with van der Waals surface area (Å²) in [6, 6.07) is 9.68. The van der Waals surface area contributed by atoms with Gasteiger partial charge < -0.3 is 0 Å². The molecule has 2 aromatic heterocycles. The number of sulfonamides is 1. The molecule has 0 amide bonds. The molecule has 0 saturated heterocycles. The highest BCUT2D eigenvalue weighted by atomic mass is 35.5. The Kier molecular flexibility index (Phi) is 6.02. The molecule has 0 aliphatic heterocycles. The fourth-order valence-electron chi connectivity index (χ4n) is 2.45. The summed E-state index contributed by atoms with van der Waals surface area (Å²) < 4.78 is 28.3. The molecular formula is C17H15Cl2N3O3S2. The molecule has 0 fully saturated rings. The van der Waals surface area contributed by atoms with Gasteiger partial charge in [0.15, 0.2) is 0 Å². The van der Waals surface area contributed by atoms with Crippen LogP contribution in [-0.4, -0.2) is 29.0 Å². The zero-order valence-electron chi connectivity index (χ0n) is 14.2. The molecule has 0 radical (unpaired) electrons. The van der Waals surface area contributed by atoms with E-state index in [-0.39, 0.29) is 14.9 Å². The Balaban J connectivity index is 1.92. The minimum absolute atomic E-state index is 0.0595.